The Morgan fingerprint density at radius 3 is 2.38 bits per heavy atom. The molecule has 6 heteroatoms. The number of hydrogen-bond donors (Lipinski definition) is 2. The maximum atomic E-state index is 12.8. The number of aromatic amines is 1. The van der Waals surface area contributed by atoms with Gasteiger partial charge in [-0.3, -0.25) is 0 Å². The smallest absolute Gasteiger partial charge is 0.240 e. The summed E-state index contributed by atoms with van der Waals surface area (Å²) >= 11 is 0. The van der Waals surface area contributed by atoms with Gasteiger partial charge in [-0.2, -0.15) is 0 Å². The van der Waals surface area contributed by atoms with Crippen LogP contribution >= 0.6 is 0 Å². The summed E-state index contributed by atoms with van der Waals surface area (Å²) in [5.74, 6) is 0.444. The first-order valence-electron chi connectivity index (χ1n) is 10.3. The van der Waals surface area contributed by atoms with Gasteiger partial charge in [0.25, 0.3) is 0 Å². The number of nitrogens with zero attached hydrogens (tertiary/aromatic N) is 1. The largest absolute Gasteiger partial charge is 0.346 e. The lowest BCUT2D eigenvalue weighted by Crippen LogP contribution is -2.37. The molecule has 1 aliphatic carbocycles. The average Bonchev–Trinajstić information content (AvgIpc) is 3.12. The minimum Gasteiger partial charge on any atom is -0.346 e. The van der Waals surface area contributed by atoms with E-state index in [0.717, 1.165) is 36.9 Å². The van der Waals surface area contributed by atoms with Gasteiger partial charge in [0, 0.05) is 23.8 Å². The fourth-order valence-corrected chi connectivity index (χ4v) is 5.56. The number of nitrogens with one attached hydrogen (secondary N) is 2. The van der Waals surface area contributed by atoms with Crippen molar-refractivity contribution in [2.24, 2.45) is 0 Å². The van der Waals surface area contributed by atoms with E-state index in [0.29, 0.717) is 10.8 Å². The van der Waals surface area contributed by atoms with Crippen LogP contribution in [-0.4, -0.2) is 24.4 Å². The molecule has 4 rings (SSSR count). The second kappa shape index (κ2) is 7.58. The van der Waals surface area contributed by atoms with Gasteiger partial charge in [0.05, 0.1) is 4.90 Å². The molecule has 0 saturated heterocycles. The first-order valence-corrected chi connectivity index (χ1v) is 11.8. The number of pyridine rings is 1. The van der Waals surface area contributed by atoms with Gasteiger partial charge in [-0.05, 0) is 72.4 Å². The summed E-state index contributed by atoms with van der Waals surface area (Å²) in [6.45, 7) is 6.37. The number of sulfonamides is 1. The Balaban J connectivity index is 1.41. The molecule has 5 nitrogen and oxygen atoms in total. The highest BCUT2D eigenvalue weighted by atomic mass is 32.2. The van der Waals surface area contributed by atoms with Crippen LogP contribution in [0.3, 0.4) is 0 Å². The zero-order valence-electron chi connectivity index (χ0n) is 17.3. The number of hydrogen-bond acceptors (Lipinski definition) is 3. The number of fused-ring (bicyclic) bond motifs is 1. The zero-order valence-corrected chi connectivity index (χ0v) is 18.1. The zero-order chi connectivity index (χ0) is 20.6. The fourth-order valence-electron chi connectivity index (χ4n) is 4.26. The van der Waals surface area contributed by atoms with Gasteiger partial charge in [0.1, 0.15) is 5.65 Å². The van der Waals surface area contributed by atoms with E-state index in [9.17, 15) is 8.42 Å². The molecule has 1 fully saturated rings. The van der Waals surface area contributed by atoms with Crippen molar-refractivity contribution >= 4 is 21.1 Å². The third-order valence-electron chi connectivity index (χ3n) is 6.00. The third kappa shape index (κ3) is 4.23. The Kier molecular flexibility index (Phi) is 5.25. The molecular formula is C23H29N3O2S. The van der Waals surface area contributed by atoms with Gasteiger partial charge in [-0.25, -0.2) is 18.1 Å². The van der Waals surface area contributed by atoms with Gasteiger partial charge in [-0.15, -0.1) is 0 Å². The Morgan fingerprint density at radius 2 is 1.72 bits per heavy atom. The average molecular weight is 412 g/mol. The van der Waals surface area contributed by atoms with Gasteiger partial charge in [0.2, 0.25) is 10.0 Å². The Labute approximate surface area is 173 Å². The molecular weight excluding hydrogens is 382 g/mol. The van der Waals surface area contributed by atoms with E-state index in [1.807, 2.05) is 18.2 Å². The molecule has 0 radical (unpaired) electrons. The first kappa shape index (κ1) is 20.1. The topological polar surface area (TPSA) is 74.8 Å². The molecule has 0 aliphatic heterocycles. The van der Waals surface area contributed by atoms with Crippen LogP contribution in [0.4, 0.5) is 0 Å². The van der Waals surface area contributed by atoms with E-state index in [1.54, 1.807) is 18.3 Å². The van der Waals surface area contributed by atoms with Crippen molar-refractivity contribution in [1.29, 1.82) is 0 Å². The lowest BCUT2D eigenvalue weighted by molar-refractivity contribution is 0.375. The van der Waals surface area contributed by atoms with E-state index in [2.05, 4.69) is 47.7 Å². The highest BCUT2D eigenvalue weighted by molar-refractivity contribution is 7.89. The molecule has 3 aromatic rings. The lowest BCUT2D eigenvalue weighted by Gasteiger charge is -2.29. The summed E-state index contributed by atoms with van der Waals surface area (Å²) in [5.41, 5.74) is 3.35. The molecule has 0 bridgehead atoms. The van der Waals surface area contributed by atoms with Crippen LogP contribution in [-0.2, 0) is 15.4 Å². The summed E-state index contributed by atoms with van der Waals surface area (Å²) in [6.07, 6.45) is 7.48. The Bertz CT molecular complexity index is 1090. The summed E-state index contributed by atoms with van der Waals surface area (Å²) in [5, 5.41) is 1.18. The van der Waals surface area contributed by atoms with Crippen LogP contribution in [0, 0.1) is 0 Å². The van der Waals surface area contributed by atoms with Crippen LogP contribution in [0.2, 0.25) is 0 Å². The molecule has 0 unspecified atom stereocenters. The summed E-state index contributed by atoms with van der Waals surface area (Å²) in [7, 11) is -3.49. The van der Waals surface area contributed by atoms with Crippen molar-refractivity contribution in [1.82, 2.24) is 14.7 Å². The molecule has 0 atom stereocenters. The summed E-state index contributed by atoms with van der Waals surface area (Å²) in [6, 6.07) is 11.3. The predicted octanol–water partition coefficient (Wildman–Crippen LogP) is 4.87. The van der Waals surface area contributed by atoms with E-state index >= 15 is 0 Å². The number of rotatable bonds is 4. The molecule has 1 aliphatic rings. The highest BCUT2D eigenvalue weighted by Gasteiger charge is 2.28. The predicted molar refractivity (Wildman–Crippen MR) is 117 cm³/mol. The first-order chi connectivity index (χ1) is 13.7. The van der Waals surface area contributed by atoms with Crippen LogP contribution in [0.1, 0.15) is 63.5 Å². The molecule has 154 valence electrons. The van der Waals surface area contributed by atoms with Crippen molar-refractivity contribution in [3.8, 4) is 0 Å². The van der Waals surface area contributed by atoms with Crippen LogP contribution in [0.15, 0.2) is 53.7 Å². The molecule has 1 saturated carbocycles. The minimum atomic E-state index is -3.49. The summed E-state index contributed by atoms with van der Waals surface area (Å²) in [4.78, 5) is 7.96. The Morgan fingerprint density at radius 1 is 1.03 bits per heavy atom. The third-order valence-corrected chi connectivity index (χ3v) is 7.54. The number of aromatic nitrogens is 2. The van der Waals surface area contributed by atoms with Crippen molar-refractivity contribution in [3.05, 3.63) is 59.9 Å². The standard InChI is InChI=1S/C23H29N3O2S/c1-23(2,3)17-8-12-19(13-9-17)29(27,28)26-18-10-6-16(7-11-18)21-15-25-22-20(21)5-4-14-24-22/h4-5,8-9,12-16,18,26H,6-7,10-11H2,1-3H3,(H,24,25)/t16-,18-. The van der Waals surface area contributed by atoms with Gasteiger partial charge in [0.15, 0.2) is 0 Å². The second-order valence-corrected chi connectivity index (χ2v) is 10.8. The van der Waals surface area contributed by atoms with Crippen molar-refractivity contribution in [3.63, 3.8) is 0 Å². The normalized spacial score (nSPS) is 20.8. The quantitative estimate of drug-likeness (QED) is 0.643. The molecule has 0 amide bonds. The SMILES string of the molecule is CC(C)(C)c1ccc(S(=O)(=O)N[C@H]2CC[C@H](c3c[nH]c4ncccc43)CC2)cc1. The van der Waals surface area contributed by atoms with Crippen LogP contribution in [0.25, 0.3) is 11.0 Å². The molecule has 2 N–H and O–H groups in total. The molecule has 0 spiro atoms. The van der Waals surface area contributed by atoms with Crippen molar-refractivity contribution in [2.45, 2.75) is 68.7 Å². The van der Waals surface area contributed by atoms with Crippen molar-refractivity contribution in [2.75, 3.05) is 0 Å². The molecule has 2 aromatic heterocycles. The minimum absolute atomic E-state index is 0.00597. The molecule has 2 heterocycles. The lowest BCUT2D eigenvalue weighted by atomic mass is 9.82. The van der Waals surface area contributed by atoms with Gasteiger partial charge in [-0.1, -0.05) is 32.9 Å². The van der Waals surface area contributed by atoms with E-state index in [-0.39, 0.29) is 11.5 Å². The van der Waals surface area contributed by atoms with Gasteiger partial charge < -0.3 is 4.98 Å². The Hall–Kier alpha value is -2.18. The van der Waals surface area contributed by atoms with Crippen LogP contribution in [0.5, 0.6) is 0 Å². The van der Waals surface area contributed by atoms with Crippen LogP contribution < -0.4 is 4.72 Å². The fraction of sp³-hybridized carbons (Fsp3) is 0.435. The number of benzene rings is 1. The molecule has 1 aromatic carbocycles. The second-order valence-electron chi connectivity index (χ2n) is 9.09. The monoisotopic (exact) mass is 411 g/mol. The van der Waals surface area contributed by atoms with E-state index in [4.69, 9.17) is 0 Å². The van der Waals surface area contributed by atoms with E-state index in [1.165, 1.54) is 10.9 Å². The highest BCUT2D eigenvalue weighted by Crippen LogP contribution is 2.36. The maximum Gasteiger partial charge on any atom is 0.240 e. The molecule has 29 heavy (non-hydrogen) atoms. The van der Waals surface area contributed by atoms with Gasteiger partial charge >= 0.3 is 0 Å². The van der Waals surface area contributed by atoms with E-state index < -0.39 is 10.0 Å². The number of H-pyrrole nitrogens is 1. The van der Waals surface area contributed by atoms with Crippen molar-refractivity contribution < 1.29 is 8.42 Å². The maximum absolute atomic E-state index is 12.8. The summed E-state index contributed by atoms with van der Waals surface area (Å²) < 4.78 is 28.6.